The van der Waals surface area contributed by atoms with E-state index in [0.717, 1.165) is 0 Å². The van der Waals surface area contributed by atoms with Crippen LogP contribution in [0.15, 0.2) is 82.0 Å². The van der Waals surface area contributed by atoms with Gasteiger partial charge < -0.3 is 14.7 Å². The lowest BCUT2D eigenvalue weighted by atomic mass is 10.2. The van der Waals surface area contributed by atoms with E-state index in [1.54, 1.807) is 26.1 Å². The van der Waals surface area contributed by atoms with E-state index in [1.807, 2.05) is 0 Å². The molecule has 0 saturated heterocycles. The molecule has 2 N–H and O–H groups in total. The largest absolute Gasteiger partial charge is 0.507 e. The third-order valence-electron chi connectivity index (χ3n) is 4.76. The molecular formula is C23H23N5O6S. The number of amides is 1. The van der Waals surface area contributed by atoms with Crippen LogP contribution in [-0.4, -0.2) is 55.5 Å². The lowest BCUT2D eigenvalue weighted by molar-refractivity contribution is -0.133. The van der Waals surface area contributed by atoms with Gasteiger partial charge in [0.2, 0.25) is 0 Å². The molecule has 12 heteroatoms. The highest BCUT2D eigenvalue weighted by atomic mass is 32.2. The summed E-state index contributed by atoms with van der Waals surface area (Å²) in [4.78, 5) is 29.4. The van der Waals surface area contributed by atoms with E-state index in [-0.39, 0.29) is 33.6 Å². The number of aromatic nitrogens is 1. The molecule has 0 fully saturated rings. The van der Waals surface area contributed by atoms with Crippen molar-refractivity contribution in [1.29, 1.82) is 0 Å². The summed E-state index contributed by atoms with van der Waals surface area (Å²) in [5.41, 5.74) is 0.419. The number of nitrogens with one attached hydrogen (secondary N) is 1. The minimum absolute atomic E-state index is 0.0139. The van der Waals surface area contributed by atoms with Crippen molar-refractivity contribution in [3.05, 3.63) is 72.4 Å². The number of ether oxygens (including phenoxy) is 1. The van der Waals surface area contributed by atoms with E-state index in [9.17, 15) is 23.1 Å². The molecule has 1 amide bonds. The molecule has 182 valence electrons. The number of carbonyl (C=O) groups is 2. The number of phenolic OH excluding ortho intramolecular Hbond substituents is 1. The van der Waals surface area contributed by atoms with E-state index in [4.69, 9.17) is 4.74 Å². The Bertz CT molecular complexity index is 1330. The molecule has 0 bridgehead atoms. The van der Waals surface area contributed by atoms with Gasteiger partial charge in [-0.1, -0.05) is 6.07 Å². The predicted octanol–water partition coefficient (Wildman–Crippen LogP) is 3.64. The number of aromatic hydroxyl groups is 1. The molecule has 0 aliphatic carbocycles. The number of sulfonamides is 1. The quantitative estimate of drug-likeness (QED) is 0.338. The van der Waals surface area contributed by atoms with Crippen molar-refractivity contribution in [3.8, 4) is 5.75 Å². The molecule has 0 radical (unpaired) electrons. The average Bonchev–Trinajstić information content (AvgIpc) is 2.86. The molecule has 0 atom stereocenters. The summed E-state index contributed by atoms with van der Waals surface area (Å²) < 4.78 is 32.3. The topological polar surface area (TPSA) is 151 Å². The molecule has 35 heavy (non-hydrogen) atoms. The van der Waals surface area contributed by atoms with Crippen LogP contribution in [0.1, 0.15) is 17.3 Å². The maximum Gasteiger partial charge on any atom is 0.342 e. The fraction of sp³-hybridized carbons (Fsp3) is 0.174. The van der Waals surface area contributed by atoms with Gasteiger partial charge in [-0.15, -0.1) is 0 Å². The number of nitrogens with zero attached hydrogens (tertiary/aromatic N) is 4. The Balaban J connectivity index is 1.68. The number of pyridine rings is 1. The SMILES string of the molecule is CCN(C)C(=O)COC(=O)c1cc(/N=N/c2ccc(S(=O)(=O)Nc3ccccn3)cc2)ccc1O. The summed E-state index contributed by atoms with van der Waals surface area (Å²) in [5.74, 6) is -1.40. The van der Waals surface area contributed by atoms with Crippen molar-refractivity contribution in [1.82, 2.24) is 9.88 Å². The van der Waals surface area contributed by atoms with E-state index in [2.05, 4.69) is 19.9 Å². The van der Waals surface area contributed by atoms with E-state index in [1.165, 1.54) is 59.6 Å². The van der Waals surface area contributed by atoms with Crippen molar-refractivity contribution in [2.75, 3.05) is 24.9 Å². The van der Waals surface area contributed by atoms with Gasteiger partial charge in [0, 0.05) is 19.8 Å². The van der Waals surface area contributed by atoms with Crippen LogP contribution in [0, 0.1) is 0 Å². The van der Waals surface area contributed by atoms with Crippen LogP contribution in [0.2, 0.25) is 0 Å². The molecule has 2 aromatic carbocycles. The summed E-state index contributed by atoms with van der Waals surface area (Å²) in [5, 5.41) is 18.0. The monoisotopic (exact) mass is 497 g/mol. The van der Waals surface area contributed by atoms with Crippen molar-refractivity contribution in [2.45, 2.75) is 11.8 Å². The third-order valence-corrected chi connectivity index (χ3v) is 6.13. The standard InChI is InChI=1S/C23H23N5O6S/c1-3-28(2)22(30)15-34-23(31)19-14-17(9-12-20(19)29)26-25-16-7-10-18(11-8-16)35(32,33)27-21-6-4-5-13-24-21/h4-14,29H,3,15H2,1-2H3,(H,24,27)/b26-25+. The van der Waals surface area contributed by atoms with Gasteiger partial charge in [0.15, 0.2) is 6.61 Å². The van der Waals surface area contributed by atoms with Crippen molar-refractivity contribution >= 4 is 39.1 Å². The maximum atomic E-state index is 12.5. The van der Waals surface area contributed by atoms with Crippen molar-refractivity contribution in [2.24, 2.45) is 10.2 Å². The second-order valence-electron chi connectivity index (χ2n) is 7.20. The first-order valence-corrected chi connectivity index (χ1v) is 11.9. The summed E-state index contributed by atoms with van der Waals surface area (Å²) in [6, 6.07) is 14.5. The first kappa shape index (κ1) is 25.3. The third kappa shape index (κ3) is 6.84. The highest BCUT2D eigenvalue weighted by molar-refractivity contribution is 7.92. The van der Waals surface area contributed by atoms with Crippen molar-refractivity contribution < 1.29 is 27.9 Å². The fourth-order valence-corrected chi connectivity index (χ4v) is 3.68. The number of esters is 1. The molecule has 0 aliphatic heterocycles. The summed E-state index contributed by atoms with van der Waals surface area (Å²) >= 11 is 0. The Morgan fingerprint density at radius 1 is 1.06 bits per heavy atom. The Morgan fingerprint density at radius 3 is 2.40 bits per heavy atom. The van der Waals surface area contributed by atoms with Gasteiger partial charge in [-0.25, -0.2) is 18.2 Å². The van der Waals surface area contributed by atoms with Gasteiger partial charge in [0.1, 0.15) is 17.1 Å². The smallest absolute Gasteiger partial charge is 0.342 e. The van der Waals surface area contributed by atoms with Gasteiger partial charge in [0.25, 0.3) is 15.9 Å². The number of rotatable bonds is 9. The summed E-state index contributed by atoms with van der Waals surface area (Å²) in [6.45, 7) is 1.79. The fourth-order valence-electron chi connectivity index (χ4n) is 2.67. The molecular weight excluding hydrogens is 474 g/mol. The summed E-state index contributed by atoms with van der Waals surface area (Å²) in [6.07, 6.45) is 1.47. The minimum atomic E-state index is -3.83. The van der Waals surface area contributed by atoms with Crippen LogP contribution in [0.25, 0.3) is 0 Å². The maximum absolute atomic E-state index is 12.5. The van der Waals surface area contributed by atoms with E-state index < -0.39 is 22.6 Å². The predicted molar refractivity (Wildman–Crippen MR) is 127 cm³/mol. The highest BCUT2D eigenvalue weighted by Crippen LogP contribution is 2.26. The van der Waals surface area contributed by atoms with Crippen LogP contribution in [0.4, 0.5) is 17.2 Å². The van der Waals surface area contributed by atoms with Gasteiger partial charge in [-0.3, -0.25) is 9.52 Å². The lowest BCUT2D eigenvalue weighted by Crippen LogP contribution is -2.30. The second-order valence-corrected chi connectivity index (χ2v) is 8.88. The van der Waals surface area contributed by atoms with E-state index >= 15 is 0 Å². The number of benzene rings is 2. The van der Waals surface area contributed by atoms with Crippen LogP contribution < -0.4 is 4.72 Å². The average molecular weight is 498 g/mol. The highest BCUT2D eigenvalue weighted by Gasteiger charge is 2.17. The normalized spacial score (nSPS) is 11.3. The number of likely N-dealkylation sites (N-methyl/N-ethyl adjacent to an activating group) is 1. The number of hydrogen-bond donors (Lipinski definition) is 2. The molecule has 11 nitrogen and oxygen atoms in total. The molecule has 0 unspecified atom stereocenters. The first-order valence-electron chi connectivity index (χ1n) is 10.4. The van der Waals surface area contributed by atoms with Gasteiger partial charge >= 0.3 is 5.97 Å². The second kappa shape index (κ2) is 11.2. The molecule has 0 spiro atoms. The number of carbonyl (C=O) groups excluding carboxylic acids is 2. The Morgan fingerprint density at radius 2 is 1.74 bits per heavy atom. The zero-order valence-electron chi connectivity index (χ0n) is 19.0. The number of phenols is 1. The Kier molecular flexibility index (Phi) is 8.10. The number of hydrogen-bond acceptors (Lipinski definition) is 9. The summed E-state index contributed by atoms with van der Waals surface area (Å²) in [7, 11) is -2.25. The van der Waals surface area contributed by atoms with Gasteiger partial charge in [-0.05, 0) is 61.5 Å². The van der Waals surface area contributed by atoms with Crippen molar-refractivity contribution in [3.63, 3.8) is 0 Å². The first-order chi connectivity index (χ1) is 16.7. The minimum Gasteiger partial charge on any atom is -0.507 e. The molecule has 0 saturated carbocycles. The molecule has 1 heterocycles. The van der Waals surface area contributed by atoms with Crippen LogP contribution in [0.3, 0.4) is 0 Å². The van der Waals surface area contributed by atoms with Crippen LogP contribution in [-0.2, 0) is 19.6 Å². The molecule has 0 aliphatic rings. The number of anilines is 1. The van der Waals surface area contributed by atoms with Gasteiger partial charge in [-0.2, -0.15) is 10.2 Å². The molecule has 3 aromatic rings. The zero-order chi connectivity index (χ0) is 25.4. The lowest BCUT2D eigenvalue weighted by Gasteiger charge is -2.14. The van der Waals surface area contributed by atoms with E-state index in [0.29, 0.717) is 12.2 Å². The Hall–Kier alpha value is -4.32. The zero-order valence-corrected chi connectivity index (χ0v) is 19.8. The van der Waals surface area contributed by atoms with Crippen LogP contribution >= 0.6 is 0 Å². The number of azo groups is 1. The van der Waals surface area contributed by atoms with Gasteiger partial charge in [0.05, 0.1) is 16.3 Å². The molecule has 1 aromatic heterocycles. The van der Waals surface area contributed by atoms with Crippen LogP contribution in [0.5, 0.6) is 5.75 Å². The molecule has 3 rings (SSSR count). The Labute approximate surface area is 202 Å².